The van der Waals surface area contributed by atoms with E-state index in [2.05, 4.69) is 4.98 Å². The molecule has 0 N–H and O–H groups in total. The topological polar surface area (TPSA) is 16.1 Å². The van der Waals surface area contributed by atoms with Crippen molar-refractivity contribution < 1.29 is 13.2 Å². The van der Waals surface area contributed by atoms with E-state index in [4.69, 9.17) is 0 Å². The van der Waals surface area contributed by atoms with Gasteiger partial charge in [-0.25, -0.2) is 0 Å². The van der Waals surface area contributed by atoms with E-state index in [-0.39, 0.29) is 0 Å². The number of hydrogen-bond donors (Lipinski definition) is 0. The number of halogens is 3. The Morgan fingerprint density at radius 3 is 2.40 bits per heavy atom. The minimum atomic E-state index is -4.29. The second-order valence-electron chi connectivity index (χ2n) is 4.73. The summed E-state index contributed by atoms with van der Waals surface area (Å²) in [5, 5.41) is 0. The summed E-state index contributed by atoms with van der Waals surface area (Å²) in [6.07, 6.45) is -0.850. The molecule has 5 heteroatoms. The molecule has 1 aromatic heterocycles. The van der Waals surface area contributed by atoms with Crippen molar-refractivity contribution in [3.8, 4) is 0 Å². The van der Waals surface area contributed by atoms with Crippen LogP contribution in [0.3, 0.4) is 0 Å². The average molecular weight is 280 g/mol. The molecule has 0 saturated heterocycles. The first-order valence-corrected chi connectivity index (χ1v) is 6.19. The molecule has 0 spiro atoms. The summed E-state index contributed by atoms with van der Waals surface area (Å²) in [6.45, 7) is 1.10. The zero-order chi connectivity index (χ0) is 14.6. The van der Waals surface area contributed by atoms with E-state index >= 15 is 0 Å². The van der Waals surface area contributed by atoms with Gasteiger partial charge in [0.15, 0.2) is 0 Å². The second-order valence-corrected chi connectivity index (χ2v) is 4.73. The fourth-order valence-electron chi connectivity index (χ4n) is 2.02. The lowest BCUT2D eigenvalue weighted by Gasteiger charge is -2.17. The highest BCUT2D eigenvalue weighted by atomic mass is 19.4. The maximum atomic E-state index is 12.6. The highest BCUT2D eigenvalue weighted by molar-refractivity contribution is 5.25. The second kappa shape index (κ2) is 6.05. The molecule has 0 saturated carbocycles. The third kappa shape index (κ3) is 4.06. The standard InChI is InChI=1S/C15H15F3N2/c1-20(11-13-5-3-7-19-9-13)10-12-4-2-6-14(8-12)15(16,17)18/h2-9H,10-11H2,1H3. The van der Waals surface area contributed by atoms with E-state index in [0.717, 1.165) is 11.6 Å². The van der Waals surface area contributed by atoms with Gasteiger partial charge in [-0.3, -0.25) is 9.88 Å². The zero-order valence-electron chi connectivity index (χ0n) is 11.1. The summed E-state index contributed by atoms with van der Waals surface area (Å²) < 4.78 is 37.9. The first-order valence-electron chi connectivity index (χ1n) is 6.19. The van der Waals surface area contributed by atoms with Crippen LogP contribution < -0.4 is 0 Å². The number of rotatable bonds is 4. The Labute approximate surface area is 115 Å². The zero-order valence-corrected chi connectivity index (χ0v) is 11.1. The molecule has 2 aromatic rings. The molecule has 1 aromatic carbocycles. The molecule has 0 bridgehead atoms. The molecule has 2 rings (SSSR count). The molecule has 20 heavy (non-hydrogen) atoms. The third-order valence-corrected chi connectivity index (χ3v) is 2.88. The number of benzene rings is 1. The maximum absolute atomic E-state index is 12.6. The van der Waals surface area contributed by atoms with Crippen LogP contribution in [0.1, 0.15) is 16.7 Å². The Morgan fingerprint density at radius 1 is 1.05 bits per heavy atom. The van der Waals surface area contributed by atoms with Crippen LogP contribution in [0.5, 0.6) is 0 Å². The quantitative estimate of drug-likeness (QED) is 0.848. The Kier molecular flexibility index (Phi) is 4.39. The van der Waals surface area contributed by atoms with Crippen molar-refractivity contribution in [3.05, 3.63) is 65.5 Å². The maximum Gasteiger partial charge on any atom is 0.416 e. The van der Waals surface area contributed by atoms with Gasteiger partial charge in [0.25, 0.3) is 0 Å². The van der Waals surface area contributed by atoms with Gasteiger partial charge in [-0.15, -0.1) is 0 Å². The number of pyridine rings is 1. The van der Waals surface area contributed by atoms with Crippen LogP contribution in [0, 0.1) is 0 Å². The Hall–Kier alpha value is -1.88. The normalized spacial score (nSPS) is 11.8. The summed E-state index contributed by atoms with van der Waals surface area (Å²) in [5.74, 6) is 0. The highest BCUT2D eigenvalue weighted by Crippen LogP contribution is 2.29. The van der Waals surface area contributed by atoms with Gasteiger partial charge in [0.05, 0.1) is 5.56 Å². The number of alkyl halides is 3. The van der Waals surface area contributed by atoms with E-state index in [1.54, 1.807) is 18.5 Å². The first kappa shape index (κ1) is 14.5. The Morgan fingerprint density at radius 2 is 1.75 bits per heavy atom. The van der Waals surface area contributed by atoms with Crippen LogP contribution in [0.2, 0.25) is 0 Å². The van der Waals surface area contributed by atoms with E-state index in [9.17, 15) is 13.2 Å². The van der Waals surface area contributed by atoms with Gasteiger partial charge >= 0.3 is 6.18 Å². The smallest absolute Gasteiger partial charge is 0.298 e. The predicted molar refractivity (Wildman–Crippen MR) is 70.9 cm³/mol. The first-order chi connectivity index (χ1) is 9.45. The molecule has 106 valence electrons. The summed E-state index contributed by atoms with van der Waals surface area (Å²) in [7, 11) is 1.87. The van der Waals surface area contributed by atoms with Crippen LogP contribution in [0.15, 0.2) is 48.8 Å². The minimum Gasteiger partial charge on any atom is -0.298 e. The van der Waals surface area contributed by atoms with E-state index < -0.39 is 11.7 Å². The van der Waals surface area contributed by atoms with Gasteiger partial charge in [-0.1, -0.05) is 24.3 Å². The number of aromatic nitrogens is 1. The van der Waals surface area contributed by atoms with Crippen molar-refractivity contribution in [2.75, 3.05) is 7.05 Å². The molecule has 0 aliphatic heterocycles. The number of nitrogens with zero attached hydrogens (tertiary/aromatic N) is 2. The monoisotopic (exact) mass is 280 g/mol. The average Bonchev–Trinajstić information content (AvgIpc) is 2.39. The molecule has 2 nitrogen and oxygen atoms in total. The van der Waals surface area contributed by atoms with Crippen molar-refractivity contribution in [1.82, 2.24) is 9.88 Å². The van der Waals surface area contributed by atoms with Crippen molar-refractivity contribution in [2.24, 2.45) is 0 Å². The molecule has 0 radical (unpaired) electrons. The lowest BCUT2D eigenvalue weighted by atomic mass is 10.1. The van der Waals surface area contributed by atoms with Crippen molar-refractivity contribution >= 4 is 0 Å². The Balaban J connectivity index is 2.03. The highest BCUT2D eigenvalue weighted by Gasteiger charge is 2.30. The summed E-state index contributed by atoms with van der Waals surface area (Å²) in [4.78, 5) is 5.97. The van der Waals surface area contributed by atoms with Crippen LogP contribution >= 0.6 is 0 Å². The molecular formula is C15H15F3N2. The molecule has 0 atom stereocenters. The van der Waals surface area contributed by atoms with E-state index in [1.165, 1.54) is 12.1 Å². The van der Waals surface area contributed by atoms with Gasteiger partial charge in [-0.05, 0) is 30.3 Å². The predicted octanol–water partition coefficient (Wildman–Crippen LogP) is 3.73. The van der Waals surface area contributed by atoms with Crippen LogP contribution in [0.25, 0.3) is 0 Å². The van der Waals surface area contributed by atoms with Crippen LogP contribution in [0.4, 0.5) is 13.2 Å². The SMILES string of the molecule is CN(Cc1cccnc1)Cc1cccc(C(F)(F)F)c1. The van der Waals surface area contributed by atoms with Gasteiger partial charge in [0.1, 0.15) is 0 Å². The fourth-order valence-corrected chi connectivity index (χ4v) is 2.02. The molecular weight excluding hydrogens is 265 g/mol. The van der Waals surface area contributed by atoms with Crippen molar-refractivity contribution in [3.63, 3.8) is 0 Å². The summed E-state index contributed by atoms with van der Waals surface area (Å²) in [6, 6.07) is 9.21. The van der Waals surface area contributed by atoms with Gasteiger partial charge in [0, 0.05) is 25.5 Å². The van der Waals surface area contributed by atoms with Crippen molar-refractivity contribution in [1.29, 1.82) is 0 Å². The van der Waals surface area contributed by atoms with Gasteiger partial charge < -0.3 is 0 Å². The summed E-state index contributed by atoms with van der Waals surface area (Å²) >= 11 is 0. The molecule has 0 aliphatic rings. The third-order valence-electron chi connectivity index (χ3n) is 2.88. The number of hydrogen-bond acceptors (Lipinski definition) is 2. The van der Waals surface area contributed by atoms with Crippen LogP contribution in [-0.4, -0.2) is 16.9 Å². The fraction of sp³-hybridized carbons (Fsp3) is 0.267. The molecule has 1 heterocycles. The molecule has 0 aliphatic carbocycles. The summed E-state index contributed by atoms with van der Waals surface area (Å²) in [5.41, 5.74) is 1.07. The largest absolute Gasteiger partial charge is 0.416 e. The van der Waals surface area contributed by atoms with Gasteiger partial charge in [-0.2, -0.15) is 13.2 Å². The minimum absolute atomic E-state index is 0.457. The lowest BCUT2D eigenvalue weighted by Crippen LogP contribution is -2.17. The lowest BCUT2D eigenvalue weighted by molar-refractivity contribution is -0.137. The Bertz CT molecular complexity index is 553. The molecule has 0 amide bonds. The van der Waals surface area contributed by atoms with E-state index in [0.29, 0.717) is 18.7 Å². The van der Waals surface area contributed by atoms with E-state index in [1.807, 2.05) is 24.1 Å². The molecule has 0 unspecified atom stereocenters. The van der Waals surface area contributed by atoms with Crippen LogP contribution in [-0.2, 0) is 19.3 Å². The van der Waals surface area contributed by atoms with Gasteiger partial charge in [0.2, 0.25) is 0 Å². The molecule has 0 fully saturated rings. The van der Waals surface area contributed by atoms with Crippen molar-refractivity contribution in [2.45, 2.75) is 19.3 Å².